The van der Waals surface area contributed by atoms with E-state index in [2.05, 4.69) is 30.7 Å². The highest BCUT2D eigenvalue weighted by Gasteiger charge is 2.50. The average molecular weight is 523 g/mol. The Bertz CT molecular complexity index is 1340. The zero-order chi connectivity index (χ0) is 26.3. The van der Waals surface area contributed by atoms with Crippen molar-refractivity contribution in [3.8, 4) is 11.3 Å². The Morgan fingerprint density at radius 2 is 1.89 bits per heavy atom. The second-order valence-electron chi connectivity index (χ2n) is 10.5. The summed E-state index contributed by atoms with van der Waals surface area (Å²) < 4.78 is 32.6. The van der Waals surface area contributed by atoms with Crippen molar-refractivity contribution in [3.05, 3.63) is 65.9 Å². The van der Waals surface area contributed by atoms with Crippen LogP contribution in [0, 0.1) is 23.5 Å². The molecular weight excluding hydrogens is 494 g/mol. The summed E-state index contributed by atoms with van der Waals surface area (Å²) in [5, 5.41) is 9.90. The number of amides is 2. The minimum absolute atomic E-state index is 0.0256. The quantitative estimate of drug-likeness (QED) is 0.468. The molecule has 2 N–H and O–H groups in total. The van der Waals surface area contributed by atoms with Gasteiger partial charge in [0.2, 0.25) is 11.7 Å². The molecule has 1 aromatic carbocycles. The Labute approximate surface area is 218 Å². The second kappa shape index (κ2) is 9.86. The van der Waals surface area contributed by atoms with E-state index in [4.69, 9.17) is 4.52 Å². The largest absolute Gasteiger partial charge is 0.350 e. The first-order valence-electron chi connectivity index (χ1n) is 12.9. The minimum Gasteiger partial charge on any atom is -0.350 e. The molecule has 1 aliphatic heterocycles. The average Bonchev–Trinajstić information content (AvgIpc) is 3.84. The number of carbonyl (C=O) groups excluding carboxylic acids is 2. The fourth-order valence-corrected chi connectivity index (χ4v) is 5.14. The predicted molar refractivity (Wildman–Crippen MR) is 131 cm³/mol. The third-order valence-electron chi connectivity index (χ3n) is 7.61. The van der Waals surface area contributed by atoms with Gasteiger partial charge in [0, 0.05) is 55.8 Å². The highest BCUT2D eigenvalue weighted by atomic mass is 19.1. The topological polar surface area (TPSA) is 113 Å². The number of benzene rings is 1. The Hall–Kier alpha value is -3.73. The van der Waals surface area contributed by atoms with Crippen molar-refractivity contribution < 1.29 is 22.9 Å². The summed E-state index contributed by atoms with van der Waals surface area (Å²) in [6, 6.07) is 5.72. The van der Waals surface area contributed by atoms with E-state index < -0.39 is 35.0 Å². The number of nitrogens with one attached hydrogen (secondary N) is 2. The van der Waals surface area contributed by atoms with Crippen molar-refractivity contribution in [1.82, 2.24) is 30.7 Å². The molecule has 1 saturated heterocycles. The number of rotatable bonds is 8. The highest BCUT2D eigenvalue weighted by Crippen LogP contribution is 2.44. The standard InChI is InChI=1S/C27H28F2N6O3/c28-17-4-5-18(20(29)12-17)22-13-23(38-34-22)25(37)32-21-6-11-35(14-16-2-3-16)15-19(21)24(36)33-27(7-8-27)26-30-9-1-10-31-26/h1,4-5,9-10,12-13,16,19,21H,2-3,6-8,11,14-15H2,(H,32,37)(H,33,36)/t19-,21-/m0/s1. The molecule has 3 aromatic rings. The van der Waals surface area contributed by atoms with Gasteiger partial charge in [-0.05, 0) is 56.2 Å². The van der Waals surface area contributed by atoms with E-state index >= 15 is 0 Å². The lowest BCUT2D eigenvalue weighted by Gasteiger charge is -2.38. The molecule has 2 atom stereocenters. The molecule has 3 aliphatic rings. The number of nitrogens with zero attached hydrogens (tertiary/aromatic N) is 4. The van der Waals surface area contributed by atoms with Crippen LogP contribution in [0.25, 0.3) is 11.3 Å². The van der Waals surface area contributed by atoms with Gasteiger partial charge < -0.3 is 20.1 Å². The van der Waals surface area contributed by atoms with E-state index in [-0.39, 0.29) is 22.9 Å². The Morgan fingerprint density at radius 1 is 1.11 bits per heavy atom. The number of halogens is 2. The van der Waals surface area contributed by atoms with Gasteiger partial charge in [-0.15, -0.1) is 0 Å². The Morgan fingerprint density at radius 3 is 2.61 bits per heavy atom. The molecule has 0 spiro atoms. The molecule has 9 nitrogen and oxygen atoms in total. The van der Waals surface area contributed by atoms with Crippen LogP contribution >= 0.6 is 0 Å². The third-order valence-corrected chi connectivity index (χ3v) is 7.61. The second-order valence-corrected chi connectivity index (χ2v) is 10.5. The number of likely N-dealkylation sites (tertiary alicyclic amines) is 1. The lowest BCUT2D eigenvalue weighted by Crippen LogP contribution is -2.57. The highest BCUT2D eigenvalue weighted by molar-refractivity contribution is 5.93. The van der Waals surface area contributed by atoms with Crippen molar-refractivity contribution in [2.45, 2.75) is 43.7 Å². The summed E-state index contributed by atoms with van der Waals surface area (Å²) in [5.74, 6) is -1.52. The number of hydrogen-bond donors (Lipinski definition) is 2. The van der Waals surface area contributed by atoms with Gasteiger partial charge in [-0.1, -0.05) is 5.16 Å². The Kier molecular flexibility index (Phi) is 6.38. The van der Waals surface area contributed by atoms with Crippen molar-refractivity contribution in [3.63, 3.8) is 0 Å². The first-order chi connectivity index (χ1) is 18.4. The van der Waals surface area contributed by atoms with E-state index in [0.717, 1.165) is 38.1 Å². The van der Waals surface area contributed by atoms with Crippen molar-refractivity contribution in [1.29, 1.82) is 0 Å². The molecule has 2 amide bonds. The van der Waals surface area contributed by atoms with Gasteiger partial charge in [0.15, 0.2) is 5.82 Å². The number of hydrogen-bond acceptors (Lipinski definition) is 7. The number of carbonyl (C=O) groups is 2. The molecule has 0 bridgehead atoms. The minimum atomic E-state index is -0.804. The monoisotopic (exact) mass is 522 g/mol. The van der Waals surface area contributed by atoms with Crippen molar-refractivity contribution >= 4 is 11.8 Å². The maximum absolute atomic E-state index is 14.2. The number of aromatic nitrogens is 3. The molecular formula is C27H28F2N6O3. The molecule has 11 heteroatoms. The van der Waals surface area contributed by atoms with Crippen LogP contribution in [0.15, 0.2) is 47.2 Å². The lowest BCUT2D eigenvalue weighted by molar-refractivity contribution is -0.128. The van der Waals surface area contributed by atoms with E-state index in [0.29, 0.717) is 24.7 Å². The normalized spacial score (nSPS) is 22.6. The SMILES string of the molecule is O=C(N[C@H]1CCN(CC2CC2)C[C@@H]1C(=O)NC1(c2ncccn2)CC1)c1cc(-c2ccc(F)cc2F)no1. The van der Waals surface area contributed by atoms with Gasteiger partial charge in [0.1, 0.15) is 17.3 Å². The van der Waals surface area contributed by atoms with Crippen LogP contribution in [0.3, 0.4) is 0 Å². The van der Waals surface area contributed by atoms with Crippen LogP contribution < -0.4 is 10.6 Å². The zero-order valence-electron chi connectivity index (χ0n) is 20.7. The lowest BCUT2D eigenvalue weighted by atomic mass is 9.90. The van der Waals surface area contributed by atoms with Gasteiger partial charge in [-0.25, -0.2) is 18.7 Å². The summed E-state index contributed by atoms with van der Waals surface area (Å²) in [5.41, 5.74) is -0.456. The van der Waals surface area contributed by atoms with Gasteiger partial charge in [-0.2, -0.15) is 0 Å². The summed E-state index contributed by atoms with van der Waals surface area (Å²) in [6.45, 7) is 2.24. The van der Waals surface area contributed by atoms with Gasteiger partial charge in [0.05, 0.1) is 11.5 Å². The maximum Gasteiger partial charge on any atom is 0.290 e. The summed E-state index contributed by atoms with van der Waals surface area (Å²) in [7, 11) is 0. The summed E-state index contributed by atoms with van der Waals surface area (Å²) >= 11 is 0. The molecule has 0 radical (unpaired) electrons. The van der Waals surface area contributed by atoms with E-state index in [1.54, 1.807) is 18.5 Å². The van der Waals surface area contributed by atoms with Crippen LogP contribution in [0.4, 0.5) is 8.78 Å². The molecule has 2 saturated carbocycles. The van der Waals surface area contributed by atoms with E-state index in [9.17, 15) is 18.4 Å². The van der Waals surface area contributed by atoms with Crippen molar-refractivity contribution in [2.75, 3.05) is 19.6 Å². The molecule has 3 heterocycles. The maximum atomic E-state index is 14.2. The molecule has 3 fully saturated rings. The van der Waals surface area contributed by atoms with Crippen LogP contribution in [-0.2, 0) is 10.3 Å². The third kappa shape index (κ3) is 5.15. The van der Waals surface area contributed by atoms with Crippen molar-refractivity contribution in [2.24, 2.45) is 11.8 Å². The van der Waals surface area contributed by atoms with E-state index in [1.165, 1.54) is 25.0 Å². The molecule has 38 heavy (non-hydrogen) atoms. The van der Waals surface area contributed by atoms with Gasteiger partial charge in [0.25, 0.3) is 5.91 Å². The molecule has 6 rings (SSSR count). The van der Waals surface area contributed by atoms with Crippen LogP contribution in [0.5, 0.6) is 0 Å². The summed E-state index contributed by atoms with van der Waals surface area (Å²) in [6.07, 6.45) is 7.88. The predicted octanol–water partition coefficient (Wildman–Crippen LogP) is 3.05. The zero-order valence-corrected chi connectivity index (χ0v) is 20.7. The van der Waals surface area contributed by atoms with Gasteiger partial charge >= 0.3 is 0 Å². The first-order valence-corrected chi connectivity index (χ1v) is 12.9. The van der Waals surface area contributed by atoms with Crippen LogP contribution in [0.2, 0.25) is 0 Å². The Balaban J connectivity index is 1.17. The van der Waals surface area contributed by atoms with E-state index in [1.807, 2.05) is 0 Å². The molecule has 2 aliphatic carbocycles. The first kappa shape index (κ1) is 24.6. The number of piperidine rings is 1. The van der Waals surface area contributed by atoms with Crippen LogP contribution in [-0.4, -0.2) is 57.5 Å². The smallest absolute Gasteiger partial charge is 0.290 e. The molecule has 198 valence electrons. The fourth-order valence-electron chi connectivity index (χ4n) is 5.14. The van der Waals surface area contributed by atoms with Gasteiger partial charge in [-0.3, -0.25) is 9.59 Å². The summed E-state index contributed by atoms with van der Waals surface area (Å²) in [4.78, 5) is 37.7. The molecule has 2 aromatic heterocycles. The van der Waals surface area contributed by atoms with Crippen LogP contribution in [0.1, 0.15) is 48.5 Å². The fraction of sp³-hybridized carbons (Fsp3) is 0.444. The molecule has 0 unspecified atom stereocenters.